The number of nitrogens with one attached hydrogen (secondary N) is 1. The van der Waals surface area contributed by atoms with Gasteiger partial charge < -0.3 is 10.1 Å². The number of aromatic amines is 1. The summed E-state index contributed by atoms with van der Waals surface area (Å²) >= 11 is 5.18. The number of nitrogens with zero attached hydrogens (tertiary/aromatic N) is 3. The molecule has 0 aliphatic heterocycles. The number of hydrogen-bond acceptors (Lipinski definition) is 4. The lowest BCUT2D eigenvalue weighted by Gasteiger charge is -2.06. The van der Waals surface area contributed by atoms with Crippen molar-refractivity contribution >= 4 is 29.1 Å². The number of H-pyrrole nitrogens is 1. The van der Waals surface area contributed by atoms with E-state index in [1.54, 1.807) is 31.3 Å². The van der Waals surface area contributed by atoms with Gasteiger partial charge in [0.1, 0.15) is 5.69 Å². The first-order chi connectivity index (χ1) is 9.99. The molecule has 0 saturated carbocycles. The van der Waals surface area contributed by atoms with Gasteiger partial charge in [0.25, 0.3) is 5.56 Å². The molecule has 0 amide bonds. The Balaban J connectivity index is 2.44. The molecule has 7 nitrogen and oxygen atoms in total. The maximum Gasteiger partial charge on any atom is 0.358 e. The van der Waals surface area contributed by atoms with Crippen molar-refractivity contribution in [2.75, 3.05) is 0 Å². The predicted molar refractivity (Wildman–Crippen MR) is 78.5 cm³/mol. The van der Waals surface area contributed by atoms with Gasteiger partial charge in [-0.15, -0.1) is 0 Å². The van der Waals surface area contributed by atoms with E-state index in [0.29, 0.717) is 10.9 Å². The Bertz CT molecular complexity index is 983. The van der Waals surface area contributed by atoms with Gasteiger partial charge in [-0.25, -0.2) is 9.36 Å². The Kier molecular flexibility index (Phi) is 2.95. The highest BCUT2D eigenvalue weighted by Crippen LogP contribution is 2.14. The van der Waals surface area contributed by atoms with Crippen LogP contribution >= 0.6 is 12.2 Å². The van der Waals surface area contributed by atoms with Gasteiger partial charge in [0.15, 0.2) is 10.5 Å². The van der Waals surface area contributed by atoms with Gasteiger partial charge in [0, 0.05) is 13.2 Å². The van der Waals surface area contributed by atoms with Gasteiger partial charge in [0.05, 0.1) is 10.9 Å². The summed E-state index contributed by atoms with van der Waals surface area (Å²) in [5.41, 5.74) is 0.130. The van der Waals surface area contributed by atoms with Gasteiger partial charge in [-0.2, -0.15) is 5.10 Å². The van der Waals surface area contributed by atoms with Crippen LogP contribution in [0.1, 0.15) is 10.5 Å². The van der Waals surface area contributed by atoms with Gasteiger partial charge >= 0.3 is 5.97 Å². The average Bonchev–Trinajstić information content (AvgIpc) is 2.81. The van der Waals surface area contributed by atoms with Gasteiger partial charge in [-0.1, -0.05) is 12.1 Å². The molecular formula is C13H10N4O3S. The van der Waals surface area contributed by atoms with Crippen molar-refractivity contribution in [3.63, 3.8) is 0 Å². The Hall–Kier alpha value is -2.74. The summed E-state index contributed by atoms with van der Waals surface area (Å²) in [4.78, 5) is 26.8. The summed E-state index contributed by atoms with van der Waals surface area (Å²) in [6.07, 6.45) is 1.45. The lowest BCUT2D eigenvalue weighted by molar-refractivity contribution is 0.0689. The van der Waals surface area contributed by atoms with Gasteiger partial charge in [-0.05, 0) is 24.4 Å². The molecular weight excluding hydrogens is 292 g/mol. The van der Waals surface area contributed by atoms with E-state index in [-0.39, 0.29) is 21.7 Å². The van der Waals surface area contributed by atoms with Crippen molar-refractivity contribution in [1.29, 1.82) is 0 Å². The fourth-order valence-corrected chi connectivity index (χ4v) is 2.46. The molecule has 0 saturated heterocycles. The predicted octanol–water partition coefficient (Wildman–Crippen LogP) is 1.48. The Labute approximate surface area is 123 Å². The first-order valence-corrected chi connectivity index (χ1v) is 6.41. The number of carboxylic acids is 1. The number of aryl methyl sites for hydroxylation is 1. The van der Waals surface area contributed by atoms with E-state index in [9.17, 15) is 14.7 Å². The molecule has 3 aromatic rings. The van der Waals surface area contributed by atoms with Crippen LogP contribution < -0.4 is 5.56 Å². The molecule has 106 valence electrons. The summed E-state index contributed by atoms with van der Waals surface area (Å²) in [5.74, 6) is -1.22. The largest absolute Gasteiger partial charge is 0.476 e. The summed E-state index contributed by atoms with van der Waals surface area (Å²) in [6, 6.07) is 6.89. The highest BCUT2D eigenvalue weighted by molar-refractivity contribution is 7.71. The van der Waals surface area contributed by atoms with Crippen molar-refractivity contribution in [1.82, 2.24) is 19.3 Å². The number of carboxylic acid groups (broad SMARTS) is 1. The summed E-state index contributed by atoms with van der Waals surface area (Å²) < 4.78 is 2.60. The molecule has 2 N–H and O–H groups in total. The highest BCUT2D eigenvalue weighted by Gasteiger charge is 2.19. The first kappa shape index (κ1) is 13.3. The van der Waals surface area contributed by atoms with E-state index in [0.717, 1.165) is 4.57 Å². The Morgan fingerprint density at radius 3 is 2.81 bits per heavy atom. The summed E-state index contributed by atoms with van der Waals surface area (Å²) in [5, 5.41) is 13.5. The molecule has 2 aromatic heterocycles. The normalized spacial score (nSPS) is 10.9. The third-order valence-corrected chi connectivity index (χ3v) is 3.34. The van der Waals surface area contributed by atoms with E-state index in [1.165, 1.54) is 10.9 Å². The molecule has 0 fully saturated rings. The third-order valence-electron chi connectivity index (χ3n) is 3.06. The number of hydrogen-bond donors (Lipinski definition) is 2. The van der Waals surface area contributed by atoms with E-state index in [4.69, 9.17) is 12.2 Å². The number of carbonyl (C=O) groups is 1. The summed E-state index contributed by atoms with van der Waals surface area (Å²) in [7, 11) is 1.58. The maximum atomic E-state index is 12.6. The molecule has 2 heterocycles. The fourth-order valence-electron chi connectivity index (χ4n) is 2.17. The van der Waals surface area contributed by atoms with Gasteiger partial charge in [0.2, 0.25) is 0 Å². The molecule has 1 aromatic carbocycles. The maximum absolute atomic E-state index is 12.6. The van der Waals surface area contributed by atoms with Crippen molar-refractivity contribution in [2.45, 2.75) is 0 Å². The Morgan fingerprint density at radius 1 is 1.38 bits per heavy atom. The lowest BCUT2D eigenvalue weighted by atomic mass is 10.2. The standard InChI is InChI=1S/C13H10N4O3S/c1-16-6-9(10(15-16)12(19)20)17-11(18)7-4-2-3-5-8(7)14-13(17)21/h2-6H,1H3,(H,14,21)(H,19,20). The minimum Gasteiger partial charge on any atom is -0.476 e. The smallest absolute Gasteiger partial charge is 0.358 e. The monoisotopic (exact) mass is 302 g/mol. The van der Waals surface area contributed by atoms with E-state index >= 15 is 0 Å². The van der Waals surface area contributed by atoms with Crippen LogP contribution in [0, 0.1) is 4.77 Å². The number of fused-ring (bicyclic) bond motifs is 1. The van der Waals surface area contributed by atoms with E-state index in [2.05, 4.69) is 10.1 Å². The van der Waals surface area contributed by atoms with Crippen LogP contribution in [0.5, 0.6) is 0 Å². The number of rotatable bonds is 2. The van der Waals surface area contributed by atoms with Crippen LogP contribution in [0.4, 0.5) is 0 Å². The summed E-state index contributed by atoms with van der Waals surface area (Å²) in [6.45, 7) is 0. The molecule has 8 heteroatoms. The number of aromatic nitrogens is 4. The number of benzene rings is 1. The van der Waals surface area contributed by atoms with Crippen molar-refractivity contribution < 1.29 is 9.90 Å². The van der Waals surface area contributed by atoms with Crippen LogP contribution in [0.3, 0.4) is 0 Å². The number of aromatic carboxylic acids is 1. The second-order valence-corrected chi connectivity index (χ2v) is 4.84. The van der Waals surface area contributed by atoms with Crippen LogP contribution in [-0.2, 0) is 7.05 Å². The molecule has 0 spiro atoms. The third kappa shape index (κ3) is 2.05. The van der Waals surface area contributed by atoms with Crippen molar-refractivity contribution in [3.05, 3.63) is 51.3 Å². The van der Waals surface area contributed by atoms with Crippen LogP contribution in [-0.4, -0.2) is 30.4 Å². The molecule has 0 unspecified atom stereocenters. The molecule has 0 aliphatic rings. The molecule has 0 aliphatic carbocycles. The van der Waals surface area contributed by atoms with Crippen LogP contribution in [0.25, 0.3) is 16.6 Å². The second-order valence-electron chi connectivity index (χ2n) is 4.46. The van der Waals surface area contributed by atoms with Crippen molar-refractivity contribution in [2.24, 2.45) is 7.05 Å². The minimum atomic E-state index is -1.22. The van der Waals surface area contributed by atoms with Crippen molar-refractivity contribution in [3.8, 4) is 5.69 Å². The topological polar surface area (TPSA) is 92.9 Å². The second kappa shape index (κ2) is 4.67. The zero-order valence-corrected chi connectivity index (χ0v) is 11.7. The van der Waals surface area contributed by atoms with Gasteiger partial charge in [-0.3, -0.25) is 9.48 Å². The first-order valence-electron chi connectivity index (χ1n) is 6.00. The molecule has 0 bridgehead atoms. The Morgan fingerprint density at radius 2 is 2.10 bits per heavy atom. The quantitative estimate of drug-likeness (QED) is 0.699. The minimum absolute atomic E-state index is 0.120. The molecule has 0 atom stereocenters. The average molecular weight is 302 g/mol. The zero-order valence-electron chi connectivity index (χ0n) is 10.9. The highest BCUT2D eigenvalue weighted by atomic mass is 32.1. The van der Waals surface area contributed by atoms with E-state index < -0.39 is 5.97 Å². The van der Waals surface area contributed by atoms with E-state index in [1.807, 2.05) is 0 Å². The zero-order chi connectivity index (χ0) is 15.1. The van der Waals surface area contributed by atoms with Crippen LogP contribution in [0.2, 0.25) is 0 Å². The molecule has 0 radical (unpaired) electrons. The molecule has 3 rings (SSSR count). The molecule has 21 heavy (non-hydrogen) atoms. The lowest BCUT2D eigenvalue weighted by Crippen LogP contribution is -2.22. The van der Waals surface area contributed by atoms with Crippen LogP contribution in [0.15, 0.2) is 35.3 Å². The fraction of sp³-hybridized carbons (Fsp3) is 0.0769. The SMILES string of the molecule is Cn1cc(-n2c(=S)[nH]c3ccccc3c2=O)c(C(=O)O)n1. The number of para-hydroxylation sites is 1.